The number of nitrogens with one attached hydrogen (secondary N) is 3. The van der Waals surface area contributed by atoms with Crippen LogP contribution >= 0.6 is 11.3 Å². The molecule has 0 spiro atoms. The molecule has 2 heterocycles. The van der Waals surface area contributed by atoms with Crippen molar-refractivity contribution >= 4 is 35.1 Å². The molecule has 0 aliphatic rings. The normalized spacial score (nSPS) is 10.3. The average molecular weight is 572 g/mol. The highest BCUT2D eigenvalue weighted by atomic mass is 32.1. The van der Waals surface area contributed by atoms with E-state index in [-0.39, 0.29) is 37.2 Å². The molecule has 4 N–H and O–H groups in total. The third kappa shape index (κ3) is 7.24. The van der Waals surface area contributed by atoms with E-state index < -0.39 is 12.0 Å². The largest absolute Gasteiger partial charge is 0.467 e. The highest BCUT2D eigenvalue weighted by Gasteiger charge is 2.20. The number of methoxy groups -OCH3 is 1. The summed E-state index contributed by atoms with van der Waals surface area (Å²) in [6.45, 7) is 0.203. The monoisotopic (exact) mass is 571 g/mol. The second-order valence-electron chi connectivity index (χ2n) is 8.43. The van der Waals surface area contributed by atoms with Gasteiger partial charge in [0.1, 0.15) is 17.4 Å². The molecule has 0 radical (unpaired) electrons. The maximum atomic E-state index is 12.9. The molecule has 0 saturated heterocycles. The van der Waals surface area contributed by atoms with E-state index in [4.69, 9.17) is 14.6 Å². The number of rotatable bonds is 11. The summed E-state index contributed by atoms with van der Waals surface area (Å²) < 4.78 is 10.8. The Hall–Kier alpha value is -5.25. The minimum atomic E-state index is -1.17. The predicted molar refractivity (Wildman–Crippen MR) is 153 cm³/mol. The number of pyridine rings is 1. The van der Waals surface area contributed by atoms with E-state index in [1.165, 1.54) is 18.4 Å². The Labute approximate surface area is 239 Å². The first-order valence-corrected chi connectivity index (χ1v) is 13.2. The number of aromatic nitrogens is 1. The zero-order chi connectivity index (χ0) is 29.2. The minimum Gasteiger partial charge on any atom is -0.467 e. The number of anilines is 1. The van der Waals surface area contributed by atoms with Crippen molar-refractivity contribution in [1.82, 2.24) is 15.6 Å². The van der Waals surface area contributed by atoms with Crippen LogP contribution in [-0.4, -0.2) is 55.0 Å². The Morgan fingerprint density at radius 1 is 0.976 bits per heavy atom. The zero-order valence-electron chi connectivity index (χ0n) is 21.8. The Bertz CT molecular complexity index is 1580. The third-order valence-corrected chi connectivity index (χ3v) is 6.62. The molecular weight excluding hydrogens is 546 g/mol. The Morgan fingerprint density at radius 3 is 2.41 bits per heavy atom. The zero-order valence-corrected chi connectivity index (χ0v) is 22.7. The van der Waals surface area contributed by atoms with Crippen LogP contribution in [0.15, 0.2) is 72.1 Å². The first-order chi connectivity index (χ1) is 19.9. The van der Waals surface area contributed by atoms with Gasteiger partial charge in [-0.3, -0.25) is 9.59 Å². The molecule has 2 aromatic heterocycles. The van der Waals surface area contributed by atoms with Crippen molar-refractivity contribution in [3.63, 3.8) is 0 Å². The number of nitrogens with zero attached hydrogens (tertiary/aromatic N) is 2. The summed E-state index contributed by atoms with van der Waals surface area (Å²) in [5.41, 5.74) is 2.65. The molecule has 0 bridgehead atoms. The van der Waals surface area contributed by atoms with E-state index in [1.54, 1.807) is 66.0 Å². The van der Waals surface area contributed by atoms with Gasteiger partial charge in [0.2, 0.25) is 0 Å². The van der Waals surface area contributed by atoms with Crippen molar-refractivity contribution in [1.29, 1.82) is 5.26 Å². The van der Waals surface area contributed by atoms with Crippen molar-refractivity contribution < 1.29 is 29.0 Å². The Morgan fingerprint density at radius 2 is 1.73 bits per heavy atom. The fourth-order valence-corrected chi connectivity index (χ4v) is 4.49. The first-order valence-electron chi connectivity index (χ1n) is 12.3. The lowest BCUT2D eigenvalue weighted by molar-refractivity contribution is 0.0515. The quantitative estimate of drug-likeness (QED) is 0.150. The van der Waals surface area contributed by atoms with Gasteiger partial charge in [0.25, 0.3) is 11.8 Å². The molecule has 4 rings (SSSR count). The molecule has 0 atom stereocenters. The number of amides is 3. The summed E-state index contributed by atoms with van der Waals surface area (Å²) >= 11 is 1.26. The lowest BCUT2D eigenvalue weighted by Gasteiger charge is -2.15. The van der Waals surface area contributed by atoms with Crippen molar-refractivity contribution in [2.45, 2.75) is 0 Å². The van der Waals surface area contributed by atoms with Gasteiger partial charge in [-0.25, -0.2) is 9.78 Å². The molecule has 11 nitrogen and oxygen atoms in total. The van der Waals surface area contributed by atoms with Gasteiger partial charge in [0, 0.05) is 36.9 Å². The van der Waals surface area contributed by atoms with Gasteiger partial charge >= 0.3 is 6.09 Å². The Balaban J connectivity index is 1.73. The van der Waals surface area contributed by atoms with Gasteiger partial charge in [-0.1, -0.05) is 30.3 Å². The lowest BCUT2D eigenvalue weighted by atomic mass is 9.97. The van der Waals surface area contributed by atoms with Crippen LogP contribution in [0, 0.1) is 11.3 Å². The van der Waals surface area contributed by atoms with E-state index in [9.17, 15) is 19.6 Å². The SMILES string of the molecule is COCOc1ccccc1-c1cc(-c2ccc(C(=O)NCCNC(=O)O)cc2)c(C#N)c(NC(=O)c2cccs2)n1. The van der Waals surface area contributed by atoms with Crippen molar-refractivity contribution in [2.24, 2.45) is 0 Å². The van der Waals surface area contributed by atoms with Crippen molar-refractivity contribution in [3.05, 3.63) is 88.1 Å². The number of benzene rings is 2. The standard InChI is InChI=1S/C29H25N5O6S/c1-39-17-40-24-6-3-2-5-20(24)23-15-21(22(16-30)26(33-23)34-28(36)25-7-4-14-41-25)18-8-10-19(11-9-18)27(35)31-12-13-32-29(37)38/h2-11,14-15,32H,12-13,17H2,1H3,(H,31,35)(H,37,38)(H,33,34,36). The molecule has 208 valence electrons. The molecule has 2 aromatic carbocycles. The highest BCUT2D eigenvalue weighted by Crippen LogP contribution is 2.36. The van der Waals surface area contributed by atoms with Crippen LogP contribution in [0.1, 0.15) is 25.6 Å². The van der Waals surface area contributed by atoms with Crippen LogP contribution in [0.4, 0.5) is 10.6 Å². The van der Waals surface area contributed by atoms with Crippen LogP contribution in [0.2, 0.25) is 0 Å². The molecule has 0 fully saturated rings. The molecule has 0 unspecified atom stereocenters. The maximum absolute atomic E-state index is 12.9. The van der Waals surface area contributed by atoms with E-state index >= 15 is 0 Å². The summed E-state index contributed by atoms with van der Waals surface area (Å²) in [5, 5.41) is 28.2. The molecule has 4 aromatic rings. The van der Waals surface area contributed by atoms with E-state index in [1.807, 2.05) is 6.07 Å². The van der Waals surface area contributed by atoms with Crippen molar-refractivity contribution in [2.75, 3.05) is 32.3 Å². The van der Waals surface area contributed by atoms with Gasteiger partial charge in [-0.2, -0.15) is 5.26 Å². The second-order valence-corrected chi connectivity index (χ2v) is 9.38. The molecule has 0 aliphatic heterocycles. The smallest absolute Gasteiger partial charge is 0.404 e. The van der Waals surface area contributed by atoms with Gasteiger partial charge in [0.15, 0.2) is 12.6 Å². The minimum absolute atomic E-state index is 0.0119. The fraction of sp³-hybridized carbons (Fsp3) is 0.138. The fourth-order valence-electron chi connectivity index (χ4n) is 3.87. The van der Waals surface area contributed by atoms with E-state index in [0.29, 0.717) is 38.6 Å². The Kier molecular flexibility index (Phi) is 9.61. The summed E-state index contributed by atoms with van der Waals surface area (Å²) in [6, 6.07) is 21.1. The number of hydrogen-bond acceptors (Lipinski definition) is 8. The number of carbonyl (C=O) groups is 3. The number of para-hydroxylation sites is 1. The van der Waals surface area contributed by atoms with Crippen LogP contribution < -0.4 is 20.7 Å². The maximum Gasteiger partial charge on any atom is 0.404 e. The van der Waals surface area contributed by atoms with Crippen molar-refractivity contribution in [3.8, 4) is 34.2 Å². The molecule has 3 amide bonds. The molecule has 41 heavy (non-hydrogen) atoms. The number of thiophene rings is 1. The van der Waals surface area contributed by atoms with E-state index in [0.717, 1.165) is 0 Å². The van der Waals surface area contributed by atoms with Crippen LogP contribution in [-0.2, 0) is 4.74 Å². The molecule has 12 heteroatoms. The summed E-state index contributed by atoms with van der Waals surface area (Å²) in [6.07, 6.45) is -1.17. The van der Waals surface area contributed by atoms with Crippen LogP contribution in [0.3, 0.4) is 0 Å². The number of nitriles is 1. The third-order valence-electron chi connectivity index (χ3n) is 5.75. The average Bonchev–Trinajstić information content (AvgIpc) is 3.53. The summed E-state index contributed by atoms with van der Waals surface area (Å²) in [5.74, 6) is -0.210. The van der Waals surface area contributed by atoms with Crippen LogP contribution in [0.5, 0.6) is 5.75 Å². The number of carbonyl (C=O) groups excluding carboxylic acids is 2. The number of ether oxygens (including phenoxy) is 2. The van der Waals surface area contributed by atoms with E-state index in [2.05, 4.69) is 27.0 Å². The lowest BCUT2D eigenvalue weighted by Crippen LogP contribution is -2.33. The van der Waals surface area contributed by atoms with Gasteiger partial charge in [-0.15, -0.1) is 11.3 Å². The van der Waals surface area contributed by atoms with Crippen LogP contribution in [0.25, 0.3) is 22.4 Å². The molecule has 0 saturated carbocycles. The highest BCUT2D eigenvalue weighted by molar-refractivity contribution is 7.12. The topological polar surface area (TPSA) is 163 Å². The molecular formula is C29H25N5O6S. The first kappa shape index (κ1) is 28.8. The predicted octanol–water partition coefficient (Wildman–Crippen LogP) is 4.58. The number of carboxylic acid groups (broad SMARTS) is 1. The van der Waals surface area contributed by atoms with Gasteiger partial charge < -0.3 is 30.5 Å². The summed E-state index contributed by atoms with van der Waals surface area (Å²) in [4.78, 5) is 41.1. The second kappa shape index (κ2) is 13.7. The summed E-state index contributed by atoms with van der Waals surface area (Å²) in [7, 11) is 1.51. The molecule has 0 aliphatic carbocycles. The number of hydrogen-bond donors (Lipinski definition) is 4. The van der Waals surface area contributed by atoms with Gasteiger partial charge in [-0.05, 0) is 47.3 Å². The van der Waals surface area contributed by atoms with Gasteiger partial charge in [0.05, 0.1) is 10.6 Å².